The second-order valence-corrected chi connectivity index (χ2v) is 4.02. The first-order chi connectivity index (χ1) is 7.50. The smallest absolute Gasteiger partial charge is 0.250 e. The molecule has 16 heavy (non-hydrogen) atoms. The van der Waals surface area contributed by atoms with Crippen LogP contribution in [0.25, 0.3) is 0 Å². The maximum Gasteiger partial charge on any atom is 0.250 e. The van der Waals surface area contributed by atoms with Crippen molar-refractivity contribution in [1.29, 1.82) is 0 Å². The highest BCUT2D eigenvalue weighted by molar-refractivity contribution is 9.10. The fourth-order valence-corrected chi connectivity index (χ4v) is 1.53. The molecule has 0 aromatic heterocycles. The lowest BCUT2D eigenvalue weighted by molar-refractivity contribution is -0.305. The maximum atomic E-state index is 11.1. The summed E-state index contributed by atoms with van der Waals surface area (Å²) in [4.78, 5) is 21.3. The molecule has 0 atom stereocenters. The fraction of sp³-hybridized carbons (Fsp3) is 0.200. The quantitative estimate of drug-likeness (QED) is 0.802. The number of carbonyl (C=O) groups is 2. The summed E-state index contributed by atoms with van der Waals surface area (Å²) in [6, 6.07) is 4.96. The van der Waals surface area contributed by atoms with Crippen LogP contribution in [0.15, 0.2) is 22.7 Å². The first kappa shape index (κ1) is 12.5. The van der Waals surface area contributed by atoms with Gasteiger partial charge >= 0.3 is 0 Å². The molecule has 0 heterocycles. The molecule has 0 saturated heterocycles. The average Bonchev–Trinajstić information content (AvgIpc) is 2.19. The first-order valence-corrected chi connectivity index (χ1v) is 5.33. The van der Waals surface area contributed by atoms with Crippen molar-refractivity contribution in [2.45, 2.75) is 6.42 Å². The molecule has 86 valence electrons. The van der Waals surface area contributed by atoms with Crippen LogP contribution in [0.3, 0.4) is 0 Å². The van der Waals surface area contributed by atoms with E-state index in [2.05, 4.69) is 21.2 Å². The molecule has 0 unspecified atom stereocenters. The van der Waals surface area contributed by atoms with E-state index in [0.29, 0.717) is 11.3 Å². The van der Waals surface area contributed by atoms with Gasteiger partial charge in [0.2, 0.25) is 0 Å². The zero-order chi connectivity index (χ0) is 12.1. The van der Waals surface area contributed by atoms with Crippen molar-refractivity contribution in [2.75, 3.05) is 11.9 Å². The van der Waals surface area contributed by atoms with E-state index in [1.54, 1.807) is 18.2 Å². The lowest BCUT2D eigenvalue weighted by atomic mass is 10.1. The number of anilines is 1. The van der Waals surface area contributed by atoms with Gasteiger partial charge in [0.25, 0.3) is 5.91 Å². The Morgan fingerprint density at radius 3 is 2.69 bits per heavy atom. The Morgan fingerprint density at radius 1 is 1.44 bits per heavy atom. The van der Waals surface area contributed by atoms with Gasteiger partial charge in [0, 0.05) is 29.1 Å². The second-order valence-electron chi connectivity index (χ2n) is 3.10. The van der Waals surface area contributed by atoms with Crippen LogP contribution in [-0.2, 0) is 4.79 Å². The second kappa shape index (κ2) is 5.50. The number of nitrogens with two attached hydrogens (primary N) is 1. The highest BCUT2D eigenvalue weighted by Gasteiger charge is 2.07. The molecule has 5 nitrogen and oxygen atoms in total. The first-order valence-electron chi connectivity index (χ1n) is 4.54. The zero-order valence-corrected chi connectivity index (χ0v) is 9.91. The lowest BCUT2D eigenvalue weighted by Crippen LogP contribution is -2.25. The number of hydrogen-bond acceptors (Lipinski definition) is 4. The highest BCUT2D eigenvalue weighted by Crippen LogP contribution is 2.20. The number of hydrogen-bond donors (Lipinski definition) is 2. The van der Waals surface area contributed by atoms with Crippen LogP contribution in [0, 0.1) is 0 Å². The number of rotatable bonds is 5. The van der Waals surface area contributed by atoms with Gasteiger partial charge in [-0.1, -0.05) is 15.9 Å². The molecule has 0 spiro atoms. The minimum atomic E-state index is -1.15. The van der Waals surface area contributed by atoms with Crippen molar-refractivity contribution in [3.05, 3.63) is 28.2 Å². The SMILES string of the molecule is NC(=O)c1cc(Br)ccc1NCCC(=O)[O-]. The molecule has 1 amide bonds. The van der Waals surface area contributed by atoms with Crippen LogP contribution in [-0.4, -0.2) is 18.4 Å². The van der Waals surface area contributed by atoms with Crippen molar-refractivity contribution in [1.82, 2.24) is 0 Å². The molecular formula is C10H10BrN2O3-. The van der Waals surface area contributed by atoms with E-state index in [1.807, 2.05) is 0 Å². The Morgan fingerprint density at radius 2 is 2.12 bits per heavy atom. The van der Waals surface area contributed by atoms with Gasteiger partial charge < -0.3 is 21.0 Å². The highest BCUT2D eigenvalue weighted by atomic mass is 79.9. The van der Waals surface area contributed by atoms with Gasteiger partial charge in [-0.05, 0) is 18.2 Å². The van der Waals surface area contributed by atoms with Crippen LogP contribution >= 0.6 is 15.9 Å². The van der Waals surface area contributed by atoms with E-state index in [1.165, 1.54) is 0 Å². The van der Waals surface area contributed by atoms with E-state index >= 15 is 0 Å². The summed E-state index contributed by atoms with van der Waals surface area (Å²) in [5, 5.41) is 13.0. The van der Waals surface area contributed by atoms with Gasteiger partial charge in [0.15, 0.2) is 0 Å². The van der Waals surface area contributed by atoms with Crippen LogP contribution in [0.5, 0.6) is 0 Å². The van der Waals surface area contributed by atoms with E-state index in [0.717, 1.165) is 4.47 Å². The van der Waals surface area contributed by atoms with Crippen LogP contribution < -0.4 is 16.2 Å². The Kier molecular flexibility index (Phi) is 4.30. The third-order valence-corrected chi connectivity index (χ3v) is 2.38. The molecule has 6 heteroatoms. The largest absolute Gasteiger partial charge is 0.550 e. The molecule has 0 saturated carbocycles. The third-order valence-electron chi connectivity index (χ3n) is 1.89. The van der Waals surface area contributed by atoms with Gasteiger partial charge in [-0.3, -0.25) is 4.79 Å². The third kappa shape index (κ3) is 3.54. The average molecular weight is 286 g/mol. The number of amides is 1. The van der Waals surface area contributed by atoms with E-state index in [4.69, 9.17) is 5.73 Å². The van der Waals surface area contributed by atoms with Crippen LogP contribution in [0.1, 0.15) is 16.8 Å². The van der Waals surface area contributed by atoms with Gasteiger partial charge in [-0.25, -0.2) is 0 Å². The molecule has 0 fully saturated rings. The van der Waals surface area contributed by atoms with Gasteiger partial charge in [-0.2, -0.15) is 0 Å². The number of primary amides is 1. The predicted octanol–water partition coefficient (Wildman–Crippen LogP) is 0.0999. The lowest BCUT2D eigenvalue weighted by Gasteiger charge is -2.10. The molecule has 1 aromatic carbocycles. The molecule has 0 aliphatic carbocycles. The maximum absolute atomic E-state index is 11.1. The van der Waals surface area contributed by atoms with E-state index in [9.17, 15) is 14.7 Å². The molecule has 0 bridgehead atoms. The predicted molar refractivity (Wildman–Crippen MR) is 60.8 cm³/mol. The molecule has 0 aliphatic heterocycles. The number of benzene rings is 1. The van der Waals surface area contributed by atoms with Crippen LogP contribution in [0.2, 0.25) is 0 Å². The van der Waals surface area contributed by atoms with E-state index < -0.39 is 11.9 Å². The topological polar surface area (TPSA) is 95.2 Å². The Labute approximate surface area is 101 Å². The summed E-state index contributed by atoms with van der Waals surface area (Å²) >= 11 is 3.22. The fourth-order valence-electron chi connectivity index (χ4n) is 1.17. The van der Waals surface area contributed by atoms with Crippen molar-refractivity contribution in [3.8, 4) is 0 Å². The number of carboxylic acids is 1. The summed E-state index contributed by atoms with van der Waals surface area (Å²) in [5.74, 6) is -1.72. The normalized spacial score (nSPS) is 9.81. The van der Waals surface area contributed by atoms with E-state index in [-0.39, 0.29) is 13.0 Å². The number of carbonyl (C=O) groups excluding carboxylic acids is 2. The Balaban J connectivity index is 2.78. The van der Waals surface area contributed by atoms with Crippen LogP contribution in [0.4, 0.5) is 5.69 Å². The minimum Gasteiger partial charge on any atom is -0.550 e. The number of aliphatic carboxylic acids is 1. The minimum absolute atomic E-state index is 0.131. The van der Waals surface area contributed by atoms with Crippen molar-refractivity contribution in [3.63, 3.8) is 0 Å². The number of carboxylic acid groups (broad SMARTS) is 1. The number of nitrogens with one attached hydrogen (secondary N) is 1. The van der Waals surface area contributed by atoms with Crippen molar-refractivity contribution in [2.24, 2.45) is 5.73 Å². The summed E-state index contributed by atoms with van der Waals surface area (Å²) in [6.45, 7) is 0.185. The van der Waals surface area contributed by atoms with Crippen molar-refractivity contribution < 1.29 is 14.7 Å². The standard InChI is InChI=1S/C10H11BrN2O3/c11-6-1-2-8(7(5-6)10(12)16)13-4-3-9(14)15/h1-2,5,13H,3-4H2,(H2,12,16)(H,14,15)/p-1. The molecule has 0 radical (unpaired) electrons. The number of halogens is 1. The molecular weight excluding hydrogens is 276 g/mol. The Bertz CT molecular complexity index is 421. The summed E-state index contributed by atoms with van der Waals surface area (Å²) < 4.78 is 0.728. The Hall–Kier alpha value is -1.56. The summed E-state index contributed by atoms with van der Waals surface area (Å²) in [5.41, 5.74) is 6.01. The molecule has 1 rings (SSSR count). The summed E-state index contributed by atoms with van der Waals surface area (Å²) in [6.07, 6.45) is -0.131. The van der Waals surface area contributed by atoms with Gasteiger partial charge in [0.05, 0.1) is 5.56 Å². The van der Waals surface area contributed by atoms with Gasteiger partial charge in [0.1, 0.15) is 0 Å². The summed E-state index contributed by atoms with van der Waals surface area (Å²) in [7, 11) is 0. The van der Waals surface area contributed by atoms with Crippen molar-refractivity contribution >= 4 is 33.5 Å². The molecule has 0 aliphatic rings. The molecule has 1 aromatic rings. The zero-order valence-electron chi connectivity index (χ0n) is 8.33. The van der Waals surface area contributed by atoms with Gasteiger partial charge in [-0.15, -0.1) is 0 Å². The monoisotopic (exact) mass is 285 g/mol. The molecule has 3 N–H and O–H groups in total.